The van der Waals surface area contributed by atoms with E-state index in [1.54, 1.807) is 0 Å². The molecule has 2 N–H and O–H groups in total. The molecule has 0 aliphatic rings. The van der Waals surface area contributed by atoms with Gasteiger partial charge in [-0.05, 0) is 26.4 Å². The summed E-state index contributed by atoms with van der Waals surface area (Å²) in [5, 5.41) is 11.7. The van der Waals surface area contributed by atoms with Gasteiger partial charge in [-0.1, -0.05) is 20.8 Å². The van der Waals surface area contributed by atoms with Gasteiger partial charge in [0.15, 0.2) is 6.29 Å². The second-order valence-electron chi connectivity index (χ2n) is 2.28. The van der Waals surface area contributed by atoms with Gasteiger partial charge in [0.1, 0.15) is 0 Å². The molecule has 0 aliphatic carbocycles. The monoisotopic (exact) mass is 177 g/mol. The molecule has 0 aromatic rings. The van der Waals surface area contributed by atoms with E-state index in [-0.39, 0.29) is 0 Å². The van der Waals surface area contributed by atoms with Crippen LogP contribution in [0.1, 0.15) is 34.1 Å². The minimum Gasteiger partial charge on any atom is -0.368 e. The predicted molar refractivity (Wildman–Crippen MR) is 52.1 cm³/mol. The van der Waals surface area contributed by atoms with Gasteiger partial charge in [-0.25, -0.2) is 0 Å². The molecule has 0 saturated carbocycles. The maximum atomic E-state index is 8.64. The van der Waals surface area contributed by atoms with Crippen LogP contribution in [0.2, 0.25) is 0 Å². The summed E-state index contributed by atoms with van der Waals surface area (Å²) < 4.78 is 4.75. The average Bonchev–Trinajstić information content (AvgIpc) is 2.07. The Bertz CT molecular complexity index is 67.5. The first kappa shape index (κ1) is 14.4. The van der Waals surface area contributed by atoms with E-state index in [1.165, 1.54) is 0 Å². The summed E-state index contributed by atoms with van der Waals surface area (Å²) in [4.78, 5) is 0. The molecule has 3 nitrogen and oxygen atoms in total. The first-order valence-electron chi connectivity index (χ1n) is 4.73. The van der Waals surface area contributed by atoms with Gasteiger partial charge < -0.3 is 15.2 Å². The number of aliphatic hydroxyl groups excluding tert-OH is 1. The Morgan fingerprint density at radius 2 is 1.67 bits per heavy atom. The predicted octanol–water partition coefficient (Wildman–Crippen LogP) is 1.37. The molecule has 0 rings (SSSR count). The van der Waals surface area contributed by atoms with Gasteiger partial charge in [0.25, 0.3) is 0 Å². The third-order valence-electron chi connectivity index (χ3n) is 1.21. The van der Waals surface area contributed by atoms with Crippen LogP contribution in [0.15, 0.2) is 0 Å². The second kappa shape index (κ2) is 13.5. The van der Waals surface area contributed by atoms with Crippen LogP contribution in [0.25, 0.3) is 0 Å². The highest BCUT2D eigenvalue weighted by Crippen LogP contribution is 1.89. The molecule has 0 amide bonds. The van der Waals surface area contributed by atoms with Crippen LogP contribution >= 0.6 is 0 Å². The molecule has 12 heavy (non-hydrogen) atoms. The third kappa shape index (κ3) is 16.5. The molecule has 0 heterocycles. The Kier molecular flexibility index (Phi) is 16.2. The number of hydrogen-bond acceptors (Lipinski definition) is 3. The topological polar surface area (TPSA) is 41.5 Å². The lowest BCUT2D eigenvalue weighted by Crippen LogP contribution is -2.09. The van der Waals surface area contributed by atoms with Crippen LogP contribution in [-0.4, -0.2) is 31.1 Å². The van der Waals surface area contributed by atoms with Crippen LogP contribution < -0.4 is 5.32 Å². The van der Waals surface area contributed by atoms with E-state index >= 15 is 0 Å². The van der Waals surface area contributed by atoms with E-state index in [9.17, 15) is 0 Å². The molecule has 0 spiro atoms. The van der Waals surface area contributed by atoms with Crippen molar-refractivity contribution in [3.05, 3.63) is 0 Å². The van der Waals surface area contributed by atoms with E-state index < -0.39 is 6.29 Å². The van der Waals surface area contributed by atoms with Crippen molar-refractivity contribution in [2.75, 3.05) is 19.7 Å². The van der Waals surface area contributed by atoms with Crippen LogP contribution in [-0.2, 0) is 4.74 Å². The third-order valence-corrected chi connectivity index (χ3v) is 1.21. The largest absolute Gasteiger partial charge is 0.368 e. The fourth-order valence-electron chi connectivity index (χ4n) is 0.560. The van der Waals surface area contributed by atoms with Crippen molar-refractivity contribution in [3.63, 3.8) is 0 Å². The Morgan fingerprint density at radius 3 is 1.75 bits per heavy atom. The maximum Gasteiger partial charge on any atom is 0.154 e. The lowest BCUT2D eigenvalue weighted by Gasteiger charge is -2.04. The number of ether oxygens (including phenoxy) is 1. The molecule has 0 saturated heterocycles. The van der Waals surface area contributed by atoms with Crippen molar-refractivity contribution in [1.29, 1.82) is 0 Å². The zero-order valence-electron chi connectivity index (χ0n) is 8.76. The van der Waals surface area contributed by atoms with E-state index in [0.717, 1.165) is 13.1 Å². The van der Waals surface area contributed by atoms with Crippen molar-refractivity contribution in [2.45, 2.75) is 40.4 Å². The molecule has 76 valence electrons. The summed E-state index contributed by atoms with van der Waals surface area (Å²) >= 11 is 0. The van der Waals surface area contributed by atoms with Gasteiger partial charge >= 0.3 is 0 Å². The lowest BCUT2D eigenvalue weighted by molar-refractivity contribution is -0.0953. The van der Waals surface area contributed by atoms with Crippen LogP contribution in [0, 0.1) is 0 Å². The first-order chi connectivity index (χ1) is 5.72. The summed E-state index contributed by atoms with van der Waals surface area (Å²) in [6, 6.07) is 0. The van der Waals surface area contributed by atoms with Gasteiger partial charge in [0.2, 0.25) is 0 Å². The van der Waals surface area contributed by atoms with E-state index in [2.05, 4.69) is 19.2 Å². The Balaban J connectivity index is 0. The summed E-state index contributed by atoms with van der Waals surface area (Å²) in [6.07, 6.45) is 0.124. The molecule has 0 radical (unpaired) electrons. The Hall–Kier alpha value is -0.120. The summed E-state index contributed by atoms with van der Waals surface area (Å²) in [7, 11) is 0. The second-order valence-corrected chi connectivity index (χ2v) is 2.28. The molecule has 0 aromatic carbocycles. The normalized spacial score (nSPS) is 11.8. The highest BCUT2D eigenvalue weighted by Gasteiger charge is 1.93. The molecule has 1 unspecified atom stereocenters. The molecule has 1 atom stereocenters. The lowest BCUT2D eigenvalue weighted by atomic mass is 10.5. The van der Waals surface area contributed by atoms with Crippen molar-refractivity contribution in [3.8, 4) is 0 Å². The van der Waals surface area contributed by atoms with E-state index in [0.29, 0.717) is 13.0 Å². The molecule has 3 heteroatoms. The van der Waals surface area contributed by atoms with Crippen molar-refractivity contribution < 1.29 is 9.84 Å². The van der Waals surface area contributed by atoms with Gasteiger partial charge in [-0.3, -0.25) is 0 Å². The highest BCUT2D eigenvalue weighted by atomic mass is 16.6. The fraction of sp³-hybridized carbons (Fsp3) is 1.00. The van der Waals surface area contributed by atoms with Crippen LogP contribution in [0.5, 0.6) is 0 Å². The highest BCUT2D eigenvalue weighted by molar-refractivity contribution is 4.30. The van der Waals surface area contributed by atoms with Crippen LogP contribution in [0.3, 0.4) is 0 Å². The molecule has 0 aromatic heterocycles. The average molecular weight is 177 g/mol. The van der Waals surface area contributed by atoms with Gasteiger partial charge in [0, 0.05) is 6.61 Å². The Labute approximate surface area is 76.1 Å². The number of aliphatic hydroxyl groups is 1. The summed E-state index contributed by atoms with van der Waals surface area (Å²) in [6.45, 7) is 10.7. The summed E-state index contributed by atoms with van der Waals surface area (Å²) in [5.74, 6) is 0. The standard InChI is InChI=1S/C5H12O2.C4H11N/c1-3-5(6)7-4-2;1-3-5-4-2/h5-6H,3-4H2,1-2H3;5H,3-4H2,1-2H3. The van der Waals surface area contributed by atoms with Gasteiger partial charge in [-0.15, -0.1) is 0 Å². The van der Waals surface area contributed by atoms with E-state index in [4.69, 9.17) is 9.84 Å². The van der Waals surface area contributed by atoms with Crippen LogP contribution in [0.4, 0.5) is 0 Å². The van der Waals surface area contributed by atoms with Gasteiger partial charge in [0.05, 0.1) is 0 Å². The first-order valence-corrected chi connectivity index (χ1v) is 4.73. The Morgan fingerprint density at radius 1 is 1.17 bits per heavy atom. The fourth-order valence-corrected chi connectivity index (χ4v) is 0.560. The molecule has 0 aliphatic heterocycles. The van der Waals surface area contributed by atoms with Crippen molar-refractivity contribution >= 4 is 0 Å². The molecular weight excluding hydrogens is 154 g/mol. The minimum absolute atomic E-state index is 0.551. The van der Waals surface area contributed by atoms with Crippen molar-refractivity contribution in [1.82, 2.24) is 5.32 Å². The van der Waals surface area contributed by atoms with Gasteiger partial charge in [-0.2, -0.15) is 0 Å². The smallest absolute Gasteiger partial charge is 0.154 e. The quantitative estimate of drug-likeness (QED) is 0.623. The molecule has 0 bridgehead atoms. The SMILES string of the molecule is CCNCC.CCOC(O)CC. The minimum atomic E-state index is -0.551. The zero-order valence-corrected chi connectivity index (χ0v) is 8.76. The summed E-state index contributed by atoms with van der Waals surface area (Å²) in [5.41, 5.74) is 0. The number of hydrogen-bond donors (Lipinski definition) is 2. The van der Waals surface area contributed by atoms with E-state index in [1.807, 2.05) is 13.8 Å². The van der Waals surface area contributed by atoms with Crippen molar-refractivity contribution in [2.24, 2.45) is 0 Å². The maximum absolute atomic E-state index is 8.64. The molecule has 0 fully saturated rings. The molecular formula is C9H23NO2. The number of rotatable bonds is 5. The zero-order chi connectivity index (χ0) is 9.82. The number of nitrogens with one attached hydrogen (secondary N) is 1.